The molecule has 0 aromatic heterocycles. The lowest BCUT2D eigenvalue weighted by molar-refractivity contribution is -0.122. The molecule has 2 aromatic carbocycles. The highest BCUT2D eigenvalue weighted by molar-refractivity contribution is 8.15. The van der Waals surface area contributed by atoms with E-state index in [0.717, 1.165) is 29.3 Å². The van der Waals surface area contributed by atoms with Crippen LogP contribution in [-0.2, 0) is 9.59 Å². The van der Waals surface area contributed by atoms with Crippen LogP contribution in [-0.4, -0.2) is 28.3 Å². The van der Waals surface area contributed by atoms with Crippen LogP contribution >= 0.6 is 11.8 Å². The molecular formula is C20H21N3O2S. The first-order chi connectivity index (χ1) is 12.7. The van der Waals surface area contributed by atoms with Crippen molar-refractivity contribution in [3.63, 3.8) is 0 Å². The Morgan fingerprint density at radius 3 is 2.77 bits per heavy atom. The molecule has 0 spiro atoms. The van der Waals surface area contributed by atoms with E-state index in [4.69, 9.17) is 0 Å². The van der Waals surface area contributed by atoms with E-state index in [9.17, 15) is 9.59 Å². The minimum Gasteiger partial charge on any atom is -0.325 e. The maximum Gasteiger partial charge on any atom is 0.240 e. The molecule has 0 unspecified atom stereocenters. The molecule has 6 heteroatoms. The van der Waals surface area contributed by atoms with Gasteiger partial charge in [-0.3, -0.25) is 14.6 Å². The second-order valence-corrected chi connectivity index (χ2v) is 7.94. The van der Waals surface area contributed by atoms with Crippen molar-refractivity contribution >= 4 is 45.2 Å². The molecule has 4 rings (SSSR count). The minimum atomic E-state index is -0.412. The molecule has 0 bridgehead atoms. The van der Waals surface area contributed by atoms with Gasteiger partial charge in [0.2, 0.25) is 11.8 Å². The molecule has 2 aromatic rings. The third-order valence-electron chi connectivity index (χ3n) is 4.84. The topological polar surface area (TPSA) is 70.6 Å². The Labute approximate surface area is 156 Å². The summed E-state index contributed by atoms with van der Waals surface area (Å²) in [6.07, 6.45) is 4.73. The summed E-state index contributed by atoms with van der Waals surface area (Å²) >= 11 is 1.38. The van der Waals surface area contributed by atoms with E-state index in [1.54, 1.807) is 0 Å². The summed E-state index contributed by atoms with van der Waals surface area (Å²) in [5.74, 6) is -0.282. The lowest BCUT2D eigenvalue weighted by atomic mass is 10.1. The van der Waals surface area contributed by atoms with E-state index in [2.05, 4.69) is 15.6 Å². The highest BCUT2D eigenvalue weighted by Gasteiger charge is 2.32. The average molecular weight is 367 g/mol. The number of fused-ring (bicyclic) bond motifs is 1. The van der Waals surface area contributed by atoms with E-state index in [0.29, 0.717) is 11.2 Å². The first kappa shape index (κ1) is 17.1. The van der Waals surface area contributed by atoms with Crippen LogP contribution in [0.3, 0.4) is 0 Å². The molecule has 2 amide bonds. The summed E-state index contributed by atoms with van der Waals surface area (Å²) in [7, 11) is 0. The van der Waals surface area contributed by atoms with E-state index < -0.39 is 5.25 Å². The molecule has 1 atom stereocenters. The van der Waals surface area contributed by atoms with Crippen molar-refractivity contribution in [2.24, 2.45) is 4.99 Å². The number of thioether (sulfide) groups is 1. The predicted octanol–water partition coefficient (Wildman–Crippen LogP) is 3.70. The molecule has 1 saturated carbocycles. The monoisotopic (exact) mass is 367 g/mol. The molecule has 1 saturated heterocycles. The van der Waals surface area contributed by atoms with Gasteiger partial charge in [0, 0.05) is 17.5 Å². The number of amides is 2. The number of hydrogen-bond donors (Lipinski definition) is 2. The van der Waals surface area contributed by atoms with Crippen molar-refractivity contribution in [2.75, 3.05) is 5.32 Å². The molecule has 134 valence electrons. The first-order valence-electron chi connectivity index (χ1n) is 9.02. The van der Waals surface area contributed by atoms with Gasteiger partial charge in [-0.1, -0.05) is 61.0 Å². The summed E-state index contributed by atoms with van der Waals surface area (Å²) in [5, 5.41) is 8.10. The number of rotatable bonds is 4. The lowest BCUT2D eigenvalue weighted by Gasteiger charge is -2.10. The molecule has 1 aliphatic heterocycles. The molecule has 5 nitrogen and oxygen atoms in total. The zero-order valence-electron chi connectivity index (χ0n) is 14.4. The van der Waals surface area contributed by atoms with Gasteiger partial charge in [-0.25, -0.2) is 0 Å². The molecule has 2 fully saturated rings. The average Bonchev–Trinajstić information content (AvgIpc) is 3.26. The number of carbonyl (C=O) groups is 2. The number of aliphatic imine (C=N–C) groups is 1. The Balaban J connectivity index is 1.41. The van der Waals surface area contributed by atoms with Gasteiger partial charge in [0.05, 0.1) is 6.04 Å². The van der Waals surface area contributed by atoms with Gasteiger partial charge >= 0.3 is 0 Å². The van der Waals surface area contributed by atoms with Crippen molar-refractivity contribution in [1.82, 2.24) is 5.32 Å². The predicted molar refractivity (Wildman–Crippen MR) is 106 cm³/mol. The number of nitrogens with one attached hydrogen (secondary N) is 2. The summed E-state index contributed by atoms with van der Waals surface area (Å²) < 4.78 is 0. The molecule has 2 N–H and O–H groups in total. The SMILES string of the molecule is O=C(C[C@H]1SC(=NC2CCCC2)NC1=O)Nc1cccc2ccccc12. The van der Waals surface area contributed by atoms with E-state index in [1.165, 1.54) is 24.6 Å². The largest absolute Gasteiger partial charge is 0.325 e. The third kappa shape index (κ3) is 3.75. The van der Waals surface area contributed by atoms with E-state index in [1.807, 2.05) is 42.5 Å². The van der Waals surface area contributed by atoms with Gasteiger partial charge in [-0.15, -0.1) is 0 Å². The minimum absolute atomic E-state index is 0.125. The van der Waals surface area contributed by atoms with Crippen molar-refractivity contribution in [3.05, 3.63) is 42.5 Å². The Bertz CT molecular complexity index is 869. The third-order valence-corrected chi connectivity index (χ3v) is 5.93. The van der Waals surface area contributed by atoms with Gasteiger partial charge in [-0.05, 0) is 24.3 Å². The second kappa shape index (κ2) is 7.50. The van der Waals surface area contributed by atoms with Crippen molar-refractivity contribution in [2.45, 2.75) is 43.4 Å². The maximum absolute atomic E-state index is 12.5. The van der Waals surface area contributed by atoms with Crippen LogP contribution in [0.25, 0.3) is 10.8 Å². The van der Waals surface area contributed by atoms with Crippen LogP contribution < -0.4 is 10.6 Å². The Morgan fingerprint density at radius 2 is 1.92 bits per heavy atom. The first-order valence-corrected chi connectivity index (χ1v) is 9.90. The molecule has 1 heterocycles. The summed E-state index contributed by atoms with van der Waals surface area (Å²) in [5.41, 5.74) is 0.774. The highest BCUT2D eigenvalue weighted by Crippen LogP contribution is 2.28. The number of amidine groups is 1. The van der Waals surface area contributed by atoms with Crippen LogP contribution in [0.15, 0.2) is 47.5 Å². The van der Waals surface area contributed by atoms with E-state index >= 15 is 0 Å². The molecule has 0 radical (unpaired) electrons. The van der Waals surface area contributed by atoms with Crippen molar-refractivity contribution in [1.29, 1.82) is 0 Å². The van der Waals surface area contributed by atoms with Gasteiger partial charge in [0.25, 0.3) is 0 Å². The van der Waals surface area contributed by atoms with Crippen LogP contribution in [0.1, 0.15) is 32.1 Å². The number of hydrogen-bond acceptors (Lipinski definition) is 4. The standard InChI is InChI=1S/C20H21N3O2S/c24-18(22-16-11-5-7-13-6-1-4-10-15(13)16)12-17-19(25)23-20(26-17)21-14-8-2-3-9-14/h1,4-7,10-11,14,17H,2-3,8-9,12H2,(H,22,24)(H,21,23,25)/t17-/m1/s1. The van der Waals surface area contributed by atoms with Gasteiger partial charge in [-0.2, -0.15) is 0 Å². The van der Waals surface area contributed by atoms with Crippen molar-refractivity contribution < 1.29 is 9.59 Å². The summed E-state index contributed by atoms with van der Waals surface area (Å²) in [6.45, 7) is 0. The van der Waals surface area contributed by atoms with Gasteiger partial charge in [0.1, 0.15) is 5.25 Å². The fourth-order valence-electron chi connectivity index (χ4n) is 3.50. The zero-order valence-corrected chi connectivity index (χ0v) is 15.2. The summed E-state index contributed by atoms with van der Waals surface area (Å²) in [4.78, 5) is 29.3. The molecule has 1 aliphatic carbocycles. The van der Waals surface area contributed by atoms with Gasteiger partial charge < -0.3 is 10.6 Å². The Kier molecular flexibility index (Phi) is 4.93. The van der Waals surface area contributed by atoms with Crippen molar-refractivity contribution in [3.8, 4) is 0 Å². The van der Waals surface area contributed by atoms with Gasteiger partial charge in [0.15, 0.2) is 5.17 Å². The van der Waals surface area contributed by atoms with Crippen LogP contribution in [0.4, 0.5) is 5.69 Å². The van der Waals surface area contributed by atoms with Crippen LogP contribution in [0.5, 0.6) is 0 Å². The lowest BCUT2D eigenvalue weighted by Crippen LogP contribution is -2.28. The number of anilines is 1. The second-order valence-electron chi connectivity index (χ2n) is 6.75. The fourth-order valence-corrected chi connectivity index (χ4v) is 4.54. The Hall–Kier alpha value is -2.34. The normalized spacial score (nSPS) is 22.1. The van der Waals surface area contributed by atoms with E-state index in [-0.39, 0.29) is 18.2 Å². The molecular weight excluding hydrogens is 346 g/mol. The number of benzene rings is 2. The fraction of sp³-hybridized carbons (Fsp3) is 0.350. The highest BCUT2D eigenvalue weighted by atomic mass is 32.2. The molecule has 2 aliphatic rings. The number of nitrogens with zero attached hydrogens (tertiary/aromatic N) is 1. The molecule has 26 heavy (non-hydrogen) atoms. The maximum atomic E-state index is 12.5. The van der Waals surface area contributed by atoms with Crippen LogP contribution in [0.2, 0.25) is 0 Å². The van der Waals surface area contributed by atoms with Crippen LogP contribution in [0, 0.1) is 0 Å². The summed E-state index contributed by atoms with van der Waals surface area (Å²) in [6, 6.07) is 14.0. The quantitative estimate of drug-likeness (QED) is 0.866. The number of carbonyl (C=O) groups excluding carboxylic acids is 2. The zero-order chi connectivity index (χ0) is 17.9. The Morgan fingerprint density at radius 1 is 1.15 bits per heavy atom. The smallest absolute Gasteiger partial charge is 0.240 e.